The van der Waals surface area contributed by atoms with Crippen molar-refractivity contribution in [3.05, 3.63) is 47.5 Å². The lowest BCUT2D eigenvalue weighted by Gasteiger charge is -2.26. The summed E-state index contributed by atoms with van der Waals surface area (Å²) in [7, 11) is -0.139. The van der Waals surface area contributed by atoms with Crippen LogP contribution in [0.2, 0.25) is 0 Å². The van der Waals surface area contributed by atoms with E-state index in [2.05, 4.69) is 32.2 Å². The number of ether oxygens (including phenoxy) is 2. The van der Waals surface area contributed by atoms with E-state index in [0.717, 1.165) is 0 Å². The first-order valence-electron chi connectivity index (χ1n) is 12.6. The minimum Gasteiger partial charge on any atom is -0.394 e. The molecule has 0 amide bonds. The molecule has 6 N–H and O–H groups in total. The van der Waals surface area contributed by atoms with E-state index in [9.17, 15) is 19.9 Å². The molecule has 4 aromatic heterocycles. The smallest absolute Gasteiger partial charge is 0.325 e. The van der Waals surface area contributed by atoms with E-state index in [1.54, 1.807) is 16.7 Å². The normalized spacial score (nSPS) is 28.7. The lowest BCUT2D eigenvalue weighted by molar-refractivity contribution is -0.0550. The number of aromatic nitrogens is 6. The summed E-state index contributed by atoms with van der Waals surface area (Å²) in [5, 5.41) is 20.7. The zero-order valence-corrected chi connectivity index (χ0v) is 25.4. The lowest BCUT2D eigenvalue weighted by atomic mass is 10.1. The highest BCUT2D eigenvalue weighted by molar-refractivity contribution is 8.33. The number of aliphatic hydroxyl groups is 2. The molecule has 6 rings (SSSR count). The molecule has 0 radical (unpaired) electrons. The summed E-state index contributed by atoms with van der Waals surface area (Å²) < 4.78 is 49.6. The maximum atomic E-state index is 15.1. The molecule has 43 heavy (non-hydrogen) atoms. The van der Waals surface area contributed by atoms with Gasteiger partial charge in [0.05, 0.1) is 36.5 Å². The molecular weight excluding hydrogens is 651 g/mol. The number of hydrogen-bond donors (Lipinski definition) is 6. The number of nitrogens with zero attached hydrogens (tertiary/aromatic N) is 5. The predicted octanol–water partition coefficient (Wildman–Crippen LogP) is 1.37. The highest BCUT2D eigenvalue weighted by Crippen LogP contribution is 2.50. The molecule has 2 aliphatic heterocycles. The van der Waals surface area contributed by atoms with Gasteiger partial charge in [-0.3, -0.25) is 9.36 Å². The van der Waals surface area contributed by atoms with Crippen molar-refractivity contribution in [2.75, 3.05) is 18.9 Å². The van der Waals surface area contributed by atoms with Gasteiger partial charge < -0.3 is 53.5 Å². The summed E-state index contributed by atoms with van der Waals surface area (Å²) in [6.45, 7) is -4.81. The van der Waals surface area contributed by atoms with Gasteiger partial charge in [-0.15, -0.1) is 0 Å². The molecule has 0 aliphatic carbocycles. The summed E-state index contributed by atoms with van der Waals surface area (Å²) in [6.07, 6.45) is -2.59. The van der Waals surface area contributed by atoms with Crippen LogP contribution in [0.3, 0.4) is 0 Å². The van der Waals surface area contributed by atoms with Crippen LogP contribution in [0, 0.1) is 0 Å². The molecule has 8 atom stereocenters. The van der Waals surface area contributed by atoms with Gasteiger partial charge in [0, 0.05) is 18.8 Å². The second kappa shape index (κ2) is 13.3. The Hall–Kier alpha value is -2.41. The number of H-pyrrole nitrogens is 1. The first-order valence-corrected chi connectivity index (χ1v) is 17.1. The van der Waals surface area contributed by atoms with Crippen molar-refractivity contribution in [2.24, 2.45) is 0 Å². The van der Waals surface area contributed by atoms with Crippen LogP contribution in [0.1, 0.15) is 18.9 Å². The molecule has 0 aromatic carbocycles. The number of nitrogens with one attached hydrogen (secondary N) is 1. The van der Waals surface area contributed by atoms with Gasteiger partial charge in [0.25, 0.3) is 5.56 Å². The largest absolute Gasteiger partial charge is 0.394 e. The first-order chi connectivity index (χ1) is 20.6. The fourth-order valence-electron chi connectivity index (χ4n) is 4.98. The molecule has 0 spiro atoms. The molecular formula is C22H26FN7O9P2S2. The molecule has 16 nitrogen and oxygen atoms in total. The van der Waals surface area contributed by atoms with Crippen molar-refractivity contribution in [2.45, 2.75) is 49.5 Å². The number of hydrogen-bond acceptors (Lipinski definition) is 13. The average molecular weight is 678 g/mol. The zero-order chi connectivity index (χ0) is 30.9. The second-order valence-corrected chi connectivity index (χ2v) is 12.9. The quantitative estimate of drug-likeness (QED) is 0.115. The Morgan fingerprint density at radius 2 is 2.05 bits per heavy atom. The molecule has 0 saturated carbocycles. The topological polar surface area (TPSA) is 222 Å². The van der Waals surface area contributed by atoms with E-state index in [1.165, 1.54) is 29.6 Å². The van der Waals surface area contributed by atoms with E-state index in [0.29, 0.717) is 16.6 Å². The van der Waals surface area contributed by atoms with Crippen LogP contribution in [-0.2, 0) is 34.9 Å². The van der Waals surface area contributed by atoms with Crippen molar-refractivity contribution in [3.8, 4) is 0 Å². The molecule has 2 saturated heterocycles. The van der Waals surface area contributed by atoms with Gasteiger partial charge in [0.15, 0.2) is 24.1 Å². The Balaban J connectivity index is 0.00000118. The molecule has 2 aliphatic rings. The van der Waals surface area contributed by atoms with Crippen LogP contribution >= 0.6 is 26.6 Å². The third-order valence-electron chi connectivity index (χ3n) is 6.90. The minimum atomic E-state index is -4.00. The Bertz CT molecular complexity index is 1710. The third-order valence-corrected chi connectivity index (χ3v) is 8.49. The van der Waals surface area contributed by atoms with Crippen molar-refractivity contribution < 1.29 is 42.6 Å². The summed E-state index contributed by atoms with van der Waals surface area (Å²) >= 11 is 8.41. The number of anilines is 1. The molecule has 2 fully saturated rings. The fourth-order valence-corrected chi connectivity index (χ4v) is 6.42. The Morgan fingerprint density at radius 1 is 1.28 bits per heavy atom. The summed E-state index contributed by atoms with van der Waals surface area (Å²) in [5.41, 5.74) is 6.39. The van der Waals surface area contributed by atoms with Gasteiger partial charge in [-0.05, 0) is 23.9 Å². The standard InChI is InChI=1S/C22H25FN7O8PS.HOPS/c23-15-17(32)14(37-22(15)29-4-2-11-18(24)26-8-27-19(11)29)7-35-39(34,40)38-13-5-10(6-31)36-21(13)30-9-28-16-12(30)1-3-25-20(16)33;1-2-3/h1-4,8-10,13-15,17,21-22,31-32H,5-7H2,(H,25,33)(H,34,40)(H2,24,26,27);(H,1,3)/t10-,13+,14+,15-,17+,21+,22+,39?;/m0./s1. The fraction of sp³-hybridized carbons (Fsp3) is 0.455. The van der Waals surface area contributed by atoms with Crippen LogP contribution in [-0.4, -0.2) is 88.0 Å². The molecule has 232 valence electrons. The summed E-state index contributed by atoms with van der Waals surface area (Å²) in [5.74, 6) is 0.212. The Kier molecular flexibility index (Phi) is 9.89. The van der Waals surface area contributed by atoms with Crippen molar-refractivity contribution in [1.29, 1.82) is 0 Å². The maximum absolute atomic E-state index is 15.1. The van der Waals surface area contributed by atoms with Gasteiger partial charge in [0.2, 0.25) is 7.66 Å². The Labute approximate surface area is 253 Å². The molecule has 4 aromatic rings. The number of thiol groups is 1. The van der Waals surface area contributed by atoms with Crippen LogP contribution in [0.15, 0.2) is 42.0 Å². The summed E-state index contributed by atoms with van der Waals surface area (Å²) in [4.78, 5) is 37.6. The van der Waals surface area contributed by atoms with E-state index >= 15 is 4.39 Å². The van der Waals surface area contributed by atoms with E-state index in [-0.39, 0.29) is 32.0 Å². The van der Waals surface area contributed by atoms with Crippen molar-refractivity contribution >= 4 is 66.3 Å². The molecule has 6 heterocycles. The predicted molar refractivity (Wildman–Crippen MR) is 157 cm³/mol. The number of pyridine rings is 1. The number of aliphatic hydroxyl groups excluding tert-OH is 2. The van der Waals surface area contributed by atoms with Crippen LogP contribution in [0.5, 0.6) is 0 Å². The lowest BCUT2D eigenvalue weighted by Crippen LogP contribution is -2.31. The third kappa shape index (κ3) is 6.53. The van der Waals surface area contributed by atoms with Gasteiger partial charge in [-0.2, -0.15) is 0 Å². The highest BCUT2D eigenvalue weighted by atomic mass is 32.7. The van der Waals surface area contributed by atoms with Gasteiger partial charge in [-0.1, -0.05) is 12.2 Å². The number of fused-ring (bicyclic) bond motifs is 2. The van der Waals surface area contributed by atoms with E-state index < -0.39 is 61.9 Å². The number of aromatic amines is 1. The van der Waals surface area contributed by atoms with Crippen LogP contribution < -0.4 is 11.3 Å². The molecule has 0 bridgehead atoms. The first kappa shape index (κ1) is 32.0. The number of imidazole rings is 1. The van der Waals surface area contributed by atoms with Gasteiger partial charge >= 0.3 is 6.72 Å². The second-order valence-electron chi connectivity index (χ2n) is 9.47. The molecule has 1 unspecified atom stereocenters. The average Bonchev–Trinajstić information content (AvgIpc) is 3.74. The van der Waals surface area contributed by atoms with Crippen molar-refractivity contribution in [3.63, 3.8) is 0 Å². The van der Waals surface area contributed by atoms with Gasteiger partial charge in [0.1, 0.15) is 36.1 Å². The van der Waals surface area contributed by atoms with Crippen LogP contribution in [0.25, 0.3) is 22.1 Å². The van der Waals surface area contributed by atoms with E-state index in [4.69, 9.17) is 40.6 Å². The monoisotopic (exact) mass is 677 g/mol. The van der Waals surface area contributed by atoms with Crippen molar-refractivity contribution in [1.82, 2.24) is 29.1 Å². The van der Waals surface area contributed by atoms with E-state index in [1.807, 2.05) is 0 Å². The zero-order valence-electron chi connectivity index (χ0n) is 21.9. The molecule has 21 heteroatoms. The number of nitrogens with two attached hydrogens (primary N) is 1. The number of rotatable bonds is 8. The minimum absolute atomic E-state index is 0.139. The number of nitrogen functional groups attached to an aromatic ring is 1. The Morgan fingerprint density at radius 3 is 2.79 bits per heavy atom. The van der Waals surface area contributed by atoms with Gasteiger partial charge in [-0.25, -0.2) is 19.3 Å². The maximum Gasteiger partial charge on any atom is 0.325 e. The highest BCUT2D eigenvalue weighted by Gasteiger charge is 2.47. The summed E-state index contributed by atoms with van der Waals surface area (Å²) in [6, 6.07) is 3.23. The number of halogens is 1. The van der Waals surface area contributed by atoms with Crippen LogP contribution in [0.4, 0.5) is 10.2 Å². The number of alkyl halides is 1. The SMILES string of the molecule is Nc1ncnc2c1ccn2[C@@H]1O[C@H](COP(O)(=S)O[C@@H]2C[C@@H](CO)O[C@H]2n2cnc3c(=O)[nH]ccc32)[C@@H](O)[C@@H]1F.O=PS.